The first kappa shape index (κ1) is 18.7. The Kier molecular flexibility index (Phi) is 5.63. The fraction of sp³-hybridized carbons (Fsp3) is 0.0952. The summed E-state index contributed by atoms with van der Waals surface area (Å²) in [6.45, 7) is 0. The third-order valence-corrected chi connectivity index (χ3v) is 4.58. The Hall–Kier alpha value is -3.04. The predicted molar refractivity (Wildman–Crippen MR) is 104 cm³/mol. The molecule has 0 aliphatic rings. The Morgan fingerprint density at radius 1 is 0.889 bits per heavy atom. The van der Waals surface area contributed by atoms with Crippen molar-refractivity contribution in [3.05, 3.63) is 70.5 Å². The van der Waals surface area contributed by atoms with Gasteiger partial charge in [0, 0.05) is 11.1 Å². The first-order valence-corrected chi connectivity index (χ1v) is 8.75. The average Bonchev–Trinajstić information content (AvgIpc) is 2.69. The molecule has 136 valence electrons. The summed E-state index contributed by atoms with van der Waals surface area (Å²) in [4.78, 5) is 0. The van der Waals surface area contributed by atoms with Crippen molar-refractivity contribution in [3.8, 4) is 40.2 Å². The van der Waals surface area contributed by atoms with Crippen molar-refractivity contribution >= 4 is 15.9 Å². The summed E-state index contributed by atoms with van der Waals surface area (Å²) in [6, 6.07) is 16.8. The van der Waals surface area contributed by atoms with Gasteiger partial charge in [0.25, 0.3) is 0 Å². The smallest absolute Gasteiger partial charge is 0.145 e. The van der Waals surface area contributed by atoms with E-state index in [-0.39, 0.29) is 11.1 Å². The Bertz CT molecular complexity index is 1030. The Labute approximate surface area is 164 Å². The van der Waals surface area contributed by atoms with E-state index in [9.17, 15) is 9.65 Å². The minimum atomic E-state index is -0.449. The summed E-state index contributed by atoms with van der Waals surface area (Å²) in [7, 11) is 3.07. The van der Waals surface area contributed by atoms with Crippen LogP contribution in [0.5, 0.6) is 23.0 Å². The van der Waals surface area contributed by atoms with Crippen molar-refractivity contribution in [1.82, 2.24) is 0 Å². The zero-order valence-corrected chi connectivity index (χ0v) is 16.2. The van der Waals surface area contributed by atoms with Gasteiger partial charge in [-0.25, -0.2) is 4.39 Å². The molecule has 0 radical (unpaired) electrons. The summed E-state index contributed by atoms with van der Waals surface area (Å²) in [5.74, 6) is 1.55. The van der Waals surface area contributed by atoms with Crippen LogP contribution < -0.4 is 14.2 Å². The molecule has 3 aromatic rings. The molecule has 6 heteroatoms. The van der Waals surface area contributed by atoms with Gasteiger partial charge < -0.3 is 14.2 Å². The van der Waals surface area contributed by atoms with Gasteiger partial charge in [-0.3, -0.25) is 0 Å². The highest BCUT2D eigenvalue weighted by Crippen LogP contribution is 2.38. The van der Waals surface area contributed by atoms with Crippen molar-refractivity contribution in [2.24, 2.45) is 0 Å². The topological polar surface area (TPSA) is 51.5 Å². The largest absolute Gasteiger partial charge is 0.497 e. The van der Waals surface area contributed by atoms with E-state index in [0.717, 1.165) is 0 Å². The van der Waals surface area contributed by atoms with Gasteiger partial charge in [0.05, 0.1) is 18.7 Å². The molecule has 0 saturated carbocycles. The molecule has 3 aromatic carbocycles. The molecule has 0 aliphatic carbocycles. The molecule has 27 heavy (non-hydrogen) atoms. The van der Waals surface area contributed by atoms with E-state index < -0.39 is 5.82 Å². The standard InChI is InChI=1S/C21H15BrFNO3/c1-25-13-6-8-19(23)16(10-13)15-4-3-5-20(17(15)12-24)27-21-9-7-14(26-2)11-18(21)22/h3-11H,1-2H3. The number of benzene rings is 3. The summed E-state index contributed by atoms with van der Waals surface area (Å²) >= 11 is 3.42. The van der Waals surface area contributed by atoms with Crippen molar-refractivity contribution < 1.29 is 18.6 Å². The predicted octanol–water partition coefficient (Wildman–Crippen LogP) is 5.94. The van der Waals surface area contributed by atoms with Crippen LogP contribution in [-0.4, -0.2) is 14.2 Å². The van der Waals surface area contributed by atoms with Crippen molar-refractivity contribution in [3.63, 3.8) is 0 Å². The molecule has 0 aliphatic heterocycles. The Morgan fingerprint density at radius 2 is 1.59 bits per heavy atom. The number of hydrogen-bond donors (Lipinski definition) is 0. The fourth-order valence-electron chi connectivity index (χ4n) is 2.60. The number of methoxy groups -OCH3 is 2. The molecule has 0 fully saturated rings. The van der Waals surface area contributed by atoms with Crippen LogP contribution in [0.15, 0.2) is 59.1 Å². The zero-order chi connectivity index (χ0) is 19.4. The molecule has 0 heterocycles. The van der Waals surface area contributed by atoms with Crippen LogP contribution >= 0.6 is 15.9 Å². The van der Waals surface area contributed by atoms with Gasteiger partial charge in [-0.15, -0.1) is 0 Å². The first-order valence-electron chi connectivity index (χ1n) is 7.95. The van der Waals surface area contributed by atoms with Gasteiger partial charge in [0.2, 0.25) is 0 Å². The lowest BCUT2D eigenvalue weighted by molar-refractivity contribution is 0.412. The maximum Gasteiger partial charge on any atom is 0.145 e. The van der Waals surface area contributed by atoms with Crippen molar-refractivity contribution in [2.75, 3.05) is 14.2 Å². The van der Waals surface area contributed by atoms with Gasteiger partial charge >= 0.3 is 0 Å². The molecule has 3 rings (SSSR count). The van der Waals surface area contributed by atoms with Gasteiger partial charge in [-0.2, -0.15) is 5.26 Å². The molecule has 0 atom stereocenters. The van der Waals surface area contributed by atoms with Crippen molar-refractivity contribution in [2.45, 2.75) is 0 Å². The maximum absolute atomic E-state index is 14.4. The van der Waals surface area contributed by atoms with Crippen LogP contribution in [0.4, 0.5) is 4.39 Å². The summed E-state index contributed by atoms with van der Waals surface area (Å²) in [5, 5.41) is 9.69. The molecule has 0 spiro atoms. The SMILES string of the molecule is COc1ccc(Oc2cccc(-c3cc(OC)ccc3F)c2C#N)c(Br)c1. The summed E-state index contributed by atoms with van der Waals surface area (Å²) in [6.07, 6.45) is 0. The highest BCUT2D eigenvalue weighted by molar-refractivity contribution is 9.10. The van der Waals surface area contributed by atoms with Crippen LogP contribution in [0.25, 0.3) is 11.1 Å². The normalized spacial score (nSPS) is 10.2. The third kappa shape index (κ3) is 3.88. The number of halogens is 2. The van der Waals surface area contributed by atoms with E-state index in [1.165, 1.54) is 19.2 Å². The maximum atomic E-state index is 14.4. The van der Waals surface area contributed by atoms with E-state index in [4.69, 9.17) is 14.2 Å². The highest BCUT2D eigenvalue weighted by Gasteiger charge is 2.16. The molecule has 0 aromatic heterocycles. The highest BCUT2D eigenvalue weighted by atomic mass is 79.9. The number of hydrogen-bond acceptors (Lipinski definition) is 4. The lowest BCUT2D eigenvalue weighted by atomic mass is 9.99. The van der Waals surface area contributed by atoms with Crippen LogP contribution in [0.1, 0.15) is 5.56 Å². The van der Waals surface area contributed by atoms with E-state index in [2.05, 4.69) is 22.0 Å². The minimum Gasteiger partial charge on any atom is -0.497 e. The Morgan fingerprint density at radius 3 is 2.26 bits per heavy atom. The van der Waals surface area contributed by atoms with Crippen LogP contribution in [0.3, 0.4) is 0 Å². The molecule has 0 unspecified atom stereocenters. The molecule has 0 N–H and O–H groups in total. The van der Waals surface area contributed by atoms with E-state index >= 15 is 0 Å². The van der Waals surface area contributed by atoms with Gasteiger partial charge in [0.15, 0.2) is 0 Å². The molecular formula is C21H15BrFNO3. The van der Waals surface area contributed by atoms with E-state index in [0.29, 0.717) is 33.0 Å². The summed E-state index contributed by atoms with van der Waals surface area (Å²) in [5.41, 5.74) is 0.925. The molecule has 0 saturated heterocycles. The second-order valence-corrected chi connectivity index (χ2v) is 6.39. The molecule has 0 bridgehead atoms. The monoisotopic (exact) mass is 427 g/mol. The average molecular weight is 428 g/mol. The molecule has 0 amide bonds. The first-order chi connectivity index (χ1) is 13.1. The quantitative estimate of drug-likeness (QED) is 0.505. The fourth-order valence-corrected chi connectivity index (χ4v) is 3.04. The summed E-state index contributed by atoms with van der Waals surface area (Å²) < 4.78 is 31.3. The minimum absolute atomic E-state index is 0.229. The second-order valence-electron chi connectivity index (χ2n) is 5.53. The van der Waals surface area contributed by atoms with E-state index in [1.54, 1.807) is 49.6 Å². The van der Waals surface area contributed by atoms with Gasteiger partial charge in [0.1, 0.15) is 40.4 Å². The van der Waals surface area contributed by atoms with Crippen molar-refractivity contribution in [1.29, 1.82) is 5.26 Å². The zero-order valence-electron chi connectivity index (χ0n) is 14.6. The number of rotatable bonds is 5. The Balaban J connectivity index is 2.07. The number of nitrogens with zero attached hydrogens (tertiary/aromatic N) is 1. The lowest BCUT2D eigenvalue weighted by Crippen LogP contribution is -1.95. The van der Waals surface area contributed by atoms with Crippen LogP contribution in [-0.2, 0) is 0 Å². The van der Waals surface area contributed by atoms with E-state index in [1.807, 2.05) is 0 Å². The second kappa shape index (κ2) is 8.11. The van der Waals surface area contributed by atoms with Crippen LogP contribution in [0, 0.1) is 17.1 Å². The number of nitriles is 1. The molecular weight excluding hydrogens is 413 g/mol. The van der Waals surface area contributed by atoms with Gasteiger partial charge in [-0.05, 0) is 58.4 Å². The van der Waals surface area contributed by atoms with Gasteiger partial charge in [-0.1, -0.05) is 12.1 Å². The van der Waals surface area contributed by atoms with Crippen LogP contribution in [0.2, 0.25) is 0 Å². The molecule has 4 nitrogen and oxygen atoms in total. The third-order valence-electron chi connectivity index (χ3n) is 3.96. The number of ether oxygens (including phenoxy) is 3. The lowest BCUT2D eigenvalue weighted by Gasteiger charge is -2.14.